The van der Waals surface area contributed by atoms with Crippen LogP contribution in [0.3, 0.4) is 0 Å². The van der Waals surface area contributed by atoms with E-state index in [4.69, 9.17) is 20.0 Å². The average Bonchev–Trinajstić information content (AvgIpc) is 2.07. The van der Waals surface area contributed by atoms with E-state index >= 15 is 0 Å². The normalized spacial score (nSPS) is 13.4. The van der Waals surface area contributed by atoms with Crippen molar-refractivity contribution in [2.75, 3.05) is 6.16 Å². The lowest BCUT2D eigenvalue weighted by Gasteiger charge is -2.11. The van der Waals surface area contributed by atoms with Crippen LogP contribution >= 0.6 is 7.60 Å². The van der Waals surface area contributed by atoms with Gasteiger partial charge in [0, 0.05) is 6.42 Å². The van der Waals surface area contributed by atoms with Crippen LogP contribution in [0.4, 0.5) is 0 Å². The summed E-state index contributed by atoms with van der Waals surface area (Å²) in [6.07, 6.45) is -0.467. The molecule has 7 nitrogen and oxygen atoms in total. The molecule has 0 radical (unpaired) electrons. The standard InChI is InChI=1S/C8H15O7P/c9-7(10)3-1-2-6(8(11)12)4-5-16(13,14)15/h6H,1-5H2,(H,9,10)(H,11,12)(H2,13,14,15). The molecule has 0 aliphatic rings. The summed E-state index contributed by atoms with van der Waals surface area (Å²) in [5.41, 5.74) is 0. The molecule has 16 heavy (non-hydrogen) atoms. The minimum atomic E-state index is -4.19. The van der Waals surface area contributed by atoms with Crippen LogP contribution in [0, 0.1) is 5.92 Å². The fraction of sp³-hybridized carbons (Fsp3) is 0.750. The van der Waals surface area contributed by atoms with Gasteiger partial charge >= 0.3 is 19.5 Å². The van der Waals surface area contributed by atoms with Crippen molar-refractivity contribution >= 4 is 19.5 Å². The zero-order chi connectivity index (χ0) is 12.8. The second kappa shape index (κ2) is 6.62. The maximum atomic E-state index is 10.7. The largest absolute Gasteiger partial charge is 0.481 e. The van der Waals surface area contributed by atoms with E-state index in [9.17, 15) is 14.2 Å². The highest BCUT2D eigenvalue weighted by molar-refractivity contribution is 7.51. The number of rotatable bonds is 8. The maximum Gasteiger partial charge on any atom is 0.325 e. The minimum absolute atomic E-state index is 0.113. The Kier molecular flexibility index (Phi) is 6.25. The Morgan fingerprint density at radius 3 is 2.06 bits per heavy atom. The van der Waals surface area contributed by atoms with Crippen molar-refractivity contribution in [1.29, 1.82) is 0 Å². The van der Waals surface area contributed by atoms with Crippen molar-refractivity contribution in [2.45, 2.75) is 25.7 Å². The van der Waals surface area contributed by atoms with E-state index in [2.05, 4.69) is 0 Å². The summed E-state index contributed by atoms with van der Waals surface area (Å²) in [5, 5.41) is 17.1. The van der Waals surface area contributed by atoms with Crippen molar-refractivity contribution in [1.82, 2.24) is 0 Å². The lowest BCUT2D eigenvalue weighted by molar-refractivity contribution is -0.143. The minimum Gasteiger partial charge on any atom is -0.481 e. The van der Waals surface area contributed by atoms with E-state index in [1.165, 1.54) is 0 Å². The smallest absolute Gasteiger partial charge is 0.325 e. The molecule has 0 aromatic heterocycles. The molecule has 94 valence electrons. The van der Waals surface area contributed by atoms with Crippen LogP contribution in [0.25, 0.3) is 0 Å². The molecule has 0 aliphatic heterocycles. The quantitative estimate of drug-likeness (QED) is 0.464. The van der Waals surface area contributed by atoms with Crippen molar-refractivity contribution < 1.29 is 34.2 Å². The van der Waals surface area contributed by atoms with E-state index < -0.39 is 31.6 Å². The molecule has 4 N–H and O–H groups in total. The topological polar surface area (TPSA) is 132 Å². The zero-order valence-corrected chi connectivity index (χ0v) is 9.47. The van der Waals surface area contributed by atoms with Crippen LogP contribution in [0.2, 0.25) is 0 Å². The SMILES string of the molecule is O=C(O)CCCC(CCP(=O)(O)O)C(=O)O. The molecule has 0 rings (SSSR count). The van der Waals surface area contributed by atoms with Crippen molar-refractivity contribution in [3.8, 4) is 0 Å². The van der Waals surface area contributed by atoms with Crippen LogP contribution in [0.5, 0.6) is 0 Å². The third-order valence-corrected chi connectivity index (χ3v) is 2.90. The molecule has 0 saturated heterocycles. The number of aliphatic carboxylic acids is 2. The van der Waals surface area contributed by atoms with E-state index in [1.807, 2.05) is 0 Å². The van der Waals surface area contributed by atoms with Crippen molar-refractivity contribution in [3.05, 3.63) is 0 Å². The summed E-state index contributed by atoms with van der Waals surface area (Å²) >= 11 is 0. The van der Waals surface area contributed by atoms with E-state index in [0.717, 1.165) is 0 Å². The molecular formula is C8H15O7P. The molecule has 0 aromatic carbocycles. The van der Waals surface area contributed by atoms with Crippen molar-refractivity contribution in [2.24, 2.45) is 5.92 Å². The Bertz CT molecular complexity index is 295. The average molecular weight is 254 g/mol. The van der Waals surface area contributed by atoms with Gasteiger partial charge in [0.05, 0.1) is 12.1 Å². The monoisotopic (exact) mass is 254 g/mol. The molecule has 0 aliphatic carbocycles. The molecule has 1 atom stereocenters. The van der Waals surface area contributed by atoms with Gasteiger partial charge in [-0.15, -0.1) is 0 Å². The van der Waals surface area contributed by atoms with Gasteiger partial charge in [0.1, 0.15) is 0 Å². The van der Waals surface area contributed by atoms with Gasteiger partial charge < -0.3 is 20.0 Å². The first kappa shape index (κ1) is 15.1. The van der Waals surface area contributed by atoms with Crippen LogP contribution in [0.1, 0.15) is 25.7 Å². The van der Waals surface area contributed by atoms with Gasteiger partial charge in [0.25, 0.3) is 0 Å². The van der Waals surface area contributed by atoms with Crippen LogP contribution in [0.15, 0.2) is 0 Å². The van der Waals surface area contributed by atoms with Gasteiger partial charge in [0.2, 0.25) is 0 Å². The predicted octanol–water partition coefficient (Wildman–Crippen LogP) is 0.510. The van der Waals surface area contributed by atoms with Gasteiger partial charge in [-0.25, -0.2) is 0 Å². The Labute approximate surface area is 92.3 Å². The summed E-state index contributed by atoms with van der Waals surface area (Å²) in [5.74, 6) is -3.06. The molecule has 0 amide bonds. The molecular weight excluding hydrogens is 239 g/mol. The summed E-state index contributed by atoms with van der Waals surface area (Å²) < 4.78 is 10.5. The van der Waals surface area contributed by atoms with Gasteiger partial charge in [-0.2, -0.15) is 0 Å². The molecule has 8 heteroatoms. The zero-order valence-electron chi connectivity index (χ0n) is 8.57. The second-order valence-electron chi connectivity index (χ2n) is 3.50. The fourth-order valence-electron chi connectivity index (χ4n) is 1.21. The number of carboxylic acids is 2. The van der Waals surface area contributed by atoms with Crippen LogP contribution < -0.4 is 0 Å². The Balaban J connectivity index is 4.04. The first-order chi connectivity index (χ1) is 7.22. The van der Waals surface area contributed by atoms with Gasteiger partial charge in [-0.1, -0.05) is 0 Å². The Morgan fingerprint density at radius 2 is 1.69 bits per heavy atom. The molecule has 0 fully saturated rings. The summed E-state index contributed by atoms with van der Waals surface area (Å²) in [6, 6.07) is 0. The highest BCUT2D eigenvalue weighted by Gasteiger charge is 2.22. The summed E-state index contributed by atoms with van der Waals surface area (Å²) in [4.78, 5) is 38.1. The number of hydrogen-bond acceptors (Lipinski definition) is 3. The lowest BCUT2D eigenvalue weighted by atomic mass is 9.99. The molecule has 0 saturated carbocycles. The maximum absolute atomic E-state index is 10.7. The van der Waals surface area contributed by atoms with E-state index in [0.29, 0.717) is 0 Å². The number of carboxylic acid groups (broad SMARTS) is 2. The highest BCUT2D eigenvalue weighted by atomic mass is 31.2. The molecule has 0 heterocycles. The lowest BCUT2D eigenvalue weighted by Crippen LogP contribution is -2.15. The Morgan fingerprint density at radius 1 is 1.12 bits per heavy atom. The molecule has 0 aromatic rings. The van der Waals surface area contributed by atoms with Gasteiger partial charge in [0.15, 0.2) is 0 Å². The fourth-order valence-corrected chi connectivity index (χ4v) is 1.86. The van der Waals surface area contributed by atoms with Crippen LogP contribution in [-0.4, -0.2) is 38.1 Å². The Hall–Kier alpha value is -0.910. The second-order valence-corrected chi connectivity index (χ2v) is 5.27. The van der Waals surface area contributed by atoms with E-state index in [-0.39, 0.29) is 25.7 Å². The first-order valence-electron chi connectivity index (χ1n) is 4.71. The first-order valence-corrected chi connectivity index (χ1v) is 6.51. The highest BCUT2D eigenvalue weighted by Crippen LogP contribution is 2.36. The summed E-state index contributed by atoms with van der Waals surface area (Å²) in [7, 11) is -4.19. The van der Waals surface area contributed by atoms with E-state index in [1.54, 1.807) is 0 Å². The third-order valence-electron chi connectivity index (χ3n) is 2.06. The van der Waals surface area contributed by atoms with Gasteiger partial charge in [-0.05, 0) is 19.3 Å². The number of carbonyl (C=O) groups is 2. The molecule has 0 bridgehead atoms. The molecule has 1 unspecified atom stereocenters. The summed E-state index contributed by atoms with van der Waals surface area (Å²) in [6.45, 7) is 0. The predicted molar refractivity (Wildman–Crippen MR) is 54.1 cm³/mol. The van der Waals surface area contributed by atoms with Gasteiger partial charge in [-0.3, -0.25) is 14.2 Å². The third kappa shape index (κ3) is 8.40. The van der Waals surface area contributed by atoms with Crippen LogP contribution in [-0.2, 0) is 14.2 Å². The molecule has 0 spiro atoms. The van der Waals surface area contributed by atoms with Crippen molar-refractivity contribution in [3.63, 3.8) is 0 Å². The number of hydrogen-bond donors (Lipinski definition) is 4.